The minimum absolute atomic E-state index is 0.108. The molecular formula is C18H22N4O2S. The lowest BCUT2D eigenvalue weighted by molar-refractivity contribution is -0.117. The number of hydrogen-bond acceptors (Lipinski definition) is 5. The Morgan fingerprint density at radius 1 is 1.32 bits per heavy atom. The third-order valence-electron chi connectivity index (χ3n) is 4.49. The van der Waals surface area contributed by atoms with Crippen LogP contribution in [-0.2, 0) is 4.79 Å². The monoisotopic (exact) mass is 358 g/mol. The third-order valence-corrected chi connectivity index (χ3v) is 5.49. The predicted octanol–water partition coefficient (Wildman–Crippen LogP) is 3.82. The number of aromatic nitrogens is 2. The Hall–Kier alpha value is -2.28. The van der Waals surface area contributed by atoms with Gasteiger partial charge in [0.15, 0.2) is 0 Å². The summed E-state index contributed by atoms with van der Waals surface area (Å²) in [5.41, 5.74) is 1.28. The van der Waals surface area contributed by atoms with Gasteiger partial charge >= 0.3 is 0 Å². The van der Waals surface area contributed by atoms with Crippen LogP contribution in [0.2, 0.25) is 0 Å². The fourth-order valence-corrected chi connectivity index (χ4v) is 4.00. The maximum atomic E-state index is 12.5. The van der Waals surface area contributed by atoms with Crippen molar-refractivity contribution in [2.75, 3.05) is 16.8 Å². The van der Waals surface area contributed by atoms with E-state index in [1.807, 2.05) is 6.07 Å². The number of carbonyl (C=O) groups excluding carboxylic acids is 2. The number of anilines is 2. The van der Waals surface area contributed by atoms with Crippen molar-refractivity contribution >= 4 is 34.0 Å². The van der Waals surface area contributed by atoms with E-state index in [9.17, 15) is 9.59 Å². The lowest BCUT2D eigenvalue weighted by atomic mass is 10.1. The van der Waals surface area contributed by atoms with Crippen LogP contribution in [0, 0.1) is 0 Å². The van der Waals surface area contributed by atoms with Gasteiger partial charge in [-0.1, -0.05) is 31.3 Å². The van der Waals surface area contributed by atoms with Gasteiger partial charge in [0.2, 0.25) is 11.0 Å². The highest BCUT2D eigenvalue weighted by Crippen LogP contribution is 2.28. The van der Waals surface area contributed by atoms with Crippen molar-refractivity contribution in [3.63, 3.8) is 0 Å². The largest absolute Gasteiger partial charge is 0.312 e. The summed E-state index contributed by atoms with van der Waals surface area (Å²) >= 11 is 1.42. The van der Waals surface area contributed by atoms with E-state index in [2.05, 4.69) is 29.4 Å². The van der Waals surface area contributed by atoms with E-state index in [1.165, 1.54) is 11.3 Å². The van der Waals surface area contributed by atoms with E-state index < -0.39 is 0 Å². The zero-order valence-corrected chi connectivity index (χ0v) is 15.3. The zero-order valence-electron chi connectivity index (χ0n) is 14.5. The van der Waals surface area contributed by atoms with Crippen LogP contribution in [-0.4, -0.2) is 28.6 Å². The molecule has 2 amide bonds. The molecule has 25 heavy (non-hydrogen) atoms. The van der Waals surface area contributed by atoms with E-state index in [0.29, 0.717) is 29.6 Å². The van der Waals surface area contributed by atoms with Gasteiger partial charge in [-0.2, -0.15) is 0 Å². The summed E-state index contributed by atoms with van der Waals surface area (Å²) in [6, 6.07) is 7.14. The maximum absolute atomic E-state index is 12.5. The Bertz CT molecular complexity index is 770. The Morgan fingerprint density at radius 3 is 2.80 bits per heavy atom. The summed E-state index contributed by atoms with van der Waals surface area (Å²) in [7, 11) is 0. The lowest BCUT2D eigenvalue weighted by Crippen LogP contribution is -2.24. The number of nitrogens with zero attached hydrogens (tertiary/aromatic N) is 3. The number of hydrogen-bond donors (Lipinski definition) is 1. The molecule has 0 aliphatic carbocycles. The highest BCUT2D eigenvalue weighted by Gasteiger charge is 2.22. The molecule has 0 atom stereocenters. The lowest BCUT2D eigenvalue weighted by Gasteiger charge is -2.16. The van der Waals surface area contributed by atoms with Crippen molar-refractivity contribution < 1.29 is 9.59 Å². The van der Waals surface area contributed by atoms with E-state index in [4.69, 9.17) is 0 Å². The minimum atomic E-state index is -0.235. The van der Waals surface area contributed by atoms with Gasteiger partial charge in [0.1, 0.15) is 5.01 Å². The molecule has 2 aromatic rings. The topological polar surface area (TPSA) is 75.2 Å². The quantitative estimate of drug-likeness (QED) is 0.852. The summed E-state index contributed by atoms with van der Waals surface area (Å²) in [6.07, 6.45) is 3.44. The van der Waals surface area contributed by atoms with Crippen LogP contribution in [0.4, 0.5) is 10.8 Å². The third kappa shape index (κ3) is 3.87. The first-order chi connectivity index (χ1) is 12.1. The average molecular weight is 358 g/mol. The Kier molecular flexibility index (Phi) is 5.43. The van der Waals surface area contributed by atoms with Crippen molar-refractivity contribution in [3.8, 4) is 0 Å². The fourth-order valence-electron chi connectivity index (χ4n) is 2.99. The van der Waals surface area contributed by atoms with Gasteiger partial charge < -0.3 is 4.90 Å². The molecule has 7 heteroatoms. The van der Waals surface area contributed by atoms with Crippen molar-refractivity contribution in [1.82, 2.24) is 10.2 Å². The molecule has 3 rings (SSSR count). The van der Waals surface area contributed by atoms with Crippen LogP contribution in [0.3, 0.4) is 0 Å². The molecule has 0 unspecified atom stereocenters. The number of amides is 2. The Labute approximate surface area is 151 Å². The summed E-state index contributed by atoms with van der Waals surface area (Å²) in [5, 5.41) is 12.6. The molecule has 1 fully saturated rings. The molecule has 2 heterocycles. The van der Waals surface area contributed by atoms with Gasteiger partial charge in [-0.3, -0.25) is 14.9 Å². The van der Waals surface area contributed by atoms with Crippen molar-refractivity contribution in [1.29, 1.82) is 0 Å². The zero-order chi connectivity index (χ0) is 17.8. The second kappa shape index (κ2) is 7.74. The molecule has 1 aromatic carbocycles. The molecule has 1 aromatic heterocycles. The first kappa shape index (κ1) is 17.5. The molecule has 0 radical (unpaired) electrons. The highest BCUT2D eigenvalue weighted by molar-refractivity contribution is 7.15. The summed E-state index contributed by atoms with van der Waals surface area (Å²) in [6.45, 7) is 4.96. The van der Waals surface area contributed by atoms with Gasteiger partial charge in [-0.15, -0.1) is 10.2 Å². The molecule has 0 bridgehead atoms. The molecular weight excluding hydrogens is 336 g/mol. The van der Waals surface area contributed by atoms with Crippen LogP contribution in [0.1, 0.15) is 60.8 Å². The fraction of sp³-hybridized carbons (Fsp3) is 0.444. The molecule has 1 saturated heterocycles. The van der Waals surface area contributed by atoms with E-state index in [-0.39, 0.29) is 11.8 Å². The van der Waals surface area contributed by atoms with Crippen molar-refractivity contribution in [3.05, 3.63) is 34.8 Å². The molecule has 132 valence electrons. The first-order valence-electron chi connectivity index (χ1n) is 8.67. The van der Waals surface area contributed by atoms with Crippen LogP contribution >= 0.6 is 11.3 Å². The van der Waals surface area contributed by atoms with Gasteiger partial charge in [0, 0.05) is 30.1 Å². The molecule has 0 spiro atoms. The van der Waals surface area contributed by atoms with Gasteiger partial charge in [-0.25, -0.2) is 0 Å². The Morgan fingerprint density at radius 2 is 2.12 bits per heavy atom. The number of carbonyl (C=O) groups is 2. The summed E-state index contributed by atoms with van der Waals surface area (Å²) < 4.78 is 0. The molecule has 0 saturated carbocycles. The van der Waals surface area contributed by atoms with Gasteiger partial charge in [0.05, 0.1) is 0 Å². The smallest absolute Gasteiger partial charge is 0.257 e. The predicted molar refractivity (Wildman–Crippen MR) is 99.2 cm³/mol. The number of rotatable bonds is 6. The van der Waals surface area contributed by atoms with Crippen LogP contribution in [0.5, 0.6) is 0 Å². The van der Waals surface area contributed by atoms with Crippen molar-refractivity contribution in [2.45, 2.75) is 45.4 Å². The second-order valence-corrected chi connectivity index (χ2v) is 7.12. The van der Waals surface area contributed by atoms with Gasteiger partial charge in [0.25, 0.3) is 5.91 Å². The van der Waals surface area contributed by atoms with Crippen LogP contribution in [0.25, 0.3) is 0 Å². The molecule has 1 aliphatic rings. The minimum Gasteiger partial charge on any atom is -0.312 e. The summed E-state index contributed by atoms with van der Waals surface area (Å²) in [5.74, 6) is 0.255. The standard InChI is InChI=1S/C18H22N4O2S/c1-3-12(4-2)17-20-21-18(25-17)19-16(24)13-7-5-8-14(11-13)22-10-6-9-15(22)23/h5,7-8,11-12H,3-4,6,9-10H2,1-2H3,(H,19,21,24). The van der Waals surface area contributed by atoms with Gasteiger partial charge in [-0.05, 0) is 37.5 Å². The number of nitrogens with one attached hydrogen (secondary N) is 1. The maximum Gasteiger partial charge on any atom is 0.257 e. The van der Waals surface area contributed by atoms with Crippen LogP contribution in [0.15, 0.2) is 24.3 Å². The highest BCUT2D eigenvalue weighted by atomic mass is 32.1. The Balaban J connectivity index is 1.72. The van der Waals surface area contributed by atoms with E-state index in [1.54, 1.807) is 23.1 Å². The molecule has 1 N–H and O–H groups in total. The normalized spacial score (nSPS) is 14.4. The summed E-state index contributed by atoms with van der Waals surface area (Å²) in [4.78, 5) is 26.1. The van der Waals surface area contributed by atoms with Crippen LogP contribution < -0.4 is 10.2 Å². The average Bonchev–Trinajstić information content (AvgIpc) is 3.25. The molecule has 6 nitrogen and oxygen atoms in total. The van der Waals surface area contributed by atoms with E-state index >= 15 is 0 Å². The number of benzene rings is 1. The first-order valence-corrected chi connectivity index (χ1v) is 9.49. The molecule has 1 aliphatic heterocycles. The SMILES string of the molecule is CCC(CC)c1nnc(NC(=O)c2cccc(N3CCCC3=O)c2)s1. The van der Waals surface area contributed by atoms with E-state index in [0.717, 1.165) is 30.0 Å². The van der Waals surface area contributed by atoms with Crippen molar-refractivity contribution in [2.24, 2.45) is 0 Å². The second-order valence-electron chi connectivity index (χ2n) is 6.11.